The summed E-state index contributed by atoms with van der Waals surface area (Å²) in [5.74, 6) is -0.342. The predicted molar refractivity (Wildman–Crippen MR) is 113 cm³/mol. The summed E-state index contributed by atoms with van der Waals surface area (Å²) in [7, 11) is 0. The van der Waals surface area contributed by atoms with E-state index in [0.717, 1.165) is 27.7 Å². The summed E-state index contributed by atoms with van der Waals surface area (Å²) in [4.78, 5) is 3.30. The number of aromatic amines is 1. The number of nitrogens with one attached hydrogen (secondary N) is 1. The van der Waals surface area contributed by atoms with Crippen molar-refractivity contribution in [3.05, 3.63) is 100.0 Å². The first kappa shape index (κ1) is 18.8. The molecule has 144 valence electrons. The number of rotatable bonds is 3. The van der Waals surface area contributed by atoms with Crippen LogP contribution in [0.25, 0.3) is 10.9 Å². The van der Waals surface area contributed by atoms with Crippen LogP contribution in [-0.4, -0.2) is 10.1 Å². The molecule has 1 atom stereocenters. The van der Waals surface area contributed by atoms with Gasteiger partial charge in [0.15, 0.2) is 0 Å². The highest BCUT2D eigenvalue weighted by Gasteiger charge is 2.39. The zero-order chi connectivity index (χ0) is 20.8. The number of benzene rings is 3. The summed E-state index contributed by atoms with van der Waals surface area (Å²) >= 11 is 0. The van der Waals surface area contributed by atoms with E-state index in [1.807, 2.05) is 45.0 Å². The molecular formula is C25H21FN2O. The zero-order valence-corrected chi connectivity index (χ0v) is 16.5. The molecule has 0 amide bonds. The lowest BCUT2D eigenvalue weighted by atomic mass is 9.70. The molecule has 4 aromatic rings. The van der Waals surface area contributed by atoms with Gasteiger partial charge in [0.1, 0.15) is 17.0 Å². The third-order valence-electron chi connectivity index (χ3n) is 5.75. The maximum Gasteiger partial charge on any atom is 0.135 e. The second-order valence-corrected chi connectivity index (χ2v) is 7.53. The first-order chi connectivity index (χ1) is 13.9. The molecule has 0 bridgehead atoms. The molecule has 4 heteroatoms. The molecule has 4 rings (SSSR count). The Morgan fingerprint density at radius 3 is 2.10 bits per heavy atom. The number of phenolic OH excluding ortho intramolecular Hbond substituents is 1. The van der Waals surface area contributed by atoms with Crippen molar-refractivity contribution in [1.82, 2.24) is 4.98 Å². The van der Waals surface area contributed by atoms with E-state index in [-0.39, 0.29) is 11.3 Å². The molecule has 0 fully saturated rings. The van der Waals surface area contributed by atoms with Crippen LogP contribution in [0, 0.1) is 37.9 Å². The highest BCUT2D eigenvalue weighted by atomic mass is 19.1. The number of halogens is 1. The first-order valence-electron chi connectivity index (χ1n) is 9.43. The van der Waals surface area contributed by atoms with Crippen molar-refractivity contribution in [1.29, 1.82) is 5.26 Å². The van der Waals surface area contributed by atoms with E-state index in [4.69, 9.17) is 0 Å². The third-order valence-corrected chi connectivity index (χ3v) is 5.75. The van der Waals surface area contributed by atoms with E-state index < -0.39 is 11.2 Å². The SMILES string of the molecule is Cc1ccc(C(C#N)(c2ccc(O)cc2)c2cc3[nH]c(C)c(C)c3cc2F)cc1. The Bertz CT molecular complexity index is 1200. The second kappa shape index (κ2) is 6.79. The van der Waals surface area contributed by atoms with Crippen molar-refractivity contribution in [3.8, 4) is 11.8 Å². The van der Waals surface area contributed by atoms with Crippen LogP contribution in [0.3, 0.4) is 0 Å². The first-order valence-corrected chi connectivity index (χ1v) is 9.43. The second-order valence-electron chi connectivity index (χ2n) is 7.53. The fourth-order valence-electron chi connectivity index (χ4n) is 3.95. The predicted octanol–water partition coefficient (Wildman–Crippen LogP) is 5.80. The fourth-order valence-corrected chi connectivity index (χ4v) is 3.95. The monoisotopic (exact) mass is 384 g/mol. The maximum absolute atomic E-state index is 15.5. The standard InChI is InChI=1S/C25H21FN2O/c1-15-4-6-18(7-5-15)25(14-27,19-8-10-20(29)11-9-19)22-13-24-21(12-23(22)26)16(2)17(3)28-24/h4-13,28-29H,1-3H3. The van der Waals surface area contributed by atoms with E-state index >= 15 is 4.39 Å². The number of aryl methyl sites for hydroxylation is 3. The molecular weight excluding hydrogens is 363 g/mol. The number of hydrogen-bond acceptors (Lipinski definition) is 2. The van der Waals surface area contributed by atoms with Crippen LogP contribution in [-0.2, 0) is 5.41 Å². The minimum Gasteiger partial charge on any atom is -0.508 e. The zero-order valence-electron chi connectivity index (χ0n) is 16.5. The van der Waals surface area contributed by atoms with Gasteiger partial charge in [-0.05, 0) is 61.7 Å². The van der Waals surface area contributed by atoms with Gasteiger partial charge in [-0.1, -0.05) is 42.0 Å². The Labute approximate surface area is 169 Å². The minimum atomic E-state index is -1.35. The Morgan fingerprint density at radius 2 is 1.52 bits per heavy atom. The Balaban J connectivity index is 2.09. The average Bonchev–Trinajstić information content (AvgIpc) is 2.99. The van der Waals surface area contributed by atoms with Gasteiger partial charge in [0, 0.05) is 22.2 Å². The van der Waals surface area contributed by atoms with Gasteiger partial charge >= 0.3 is 0 Å². The van der Waals surface area contributed by atoms with E-state index in [2.05, 4.69) is 11.1 Å². The van der Waals surface area contributed by atoms with Crippen molar-refractivity contribution in [2.75, 3.05) is 0 Å². The molecule has 3 nitrogen and oxygen atoms in total. The van der Waals surface area contributed by atoms with Crippen molar-refractivity contribution in [3.63, 3.8) is 0 Å². The maximum atomic E-state index is 15.5. The van der Waals surface area contributed by atoms with E-state index in [1.165, 1.54) is 18.2 Å². The normalized spacial score (nSPS) is 13.2. The van der Waals surface area contributed by atoms with Crippen LogP contribution in [0.15, 0.2) is 60.7 Å². The molecule has 0 spiro atoms. The molecule has 1 heterocycles. The van der Waals surface area contributed by atoms with Crippen molar-refractivity contribution in [2.45, 2.75) is 26.2 Å². The van der Waals surface area contributed by atoms with Crippen LogP contribution < -0.4 is 0 Å². The molecule has 29 heavy (non-hydrogen) atoms. The molecule has 3 aromatic carbocycles. The topological polar surface area (TPSA) is 59.8 Å². The van der Waals surface area contributed by atoms with Gasteiger partial charge in [-0.15, -0.1) is 0 Å². The number of H-pyrrole nitrogens is 1. The Morgan fingerprint density at radius 1 is 0.931 bits per heavy atom. The summed E-state index contributed by atoms with van der Waals surface area (Å²) in [5.41, 5.74) is 4.01. The van der Waals surface area contributed by atoms with Crippen LogP contribution in [0.2, 0.25) is 0 Å². The molecule has 0 aliphatic rings. The molecule has 2 N–H and O–H groups in total. The van der Waals surface area contributed by atoms with Gasteiger partial charge < -0.3 is 10.1 Å². The number of phenols is 1. The van der Waals surface area contributed by atoms with Crippen molar-refractivity contribution >= 4 is 10.9 Å². The highest BCUT2D eigenvalue weighted by Crippen LogP contribution is 2.42. The van der Waals surface area contributed by atoms with Crippen LogP contribution in [0.5, 0.6) is 5.75 Å². The molecule has 0 aliphatic carbocycles. The van der Waals surface area contributed by atoms with Gasteiger partial charge in [0.05, 0.1) is 6.07 Å². The molecule has 1 aromatic heterocycles. The lowest BCUT2D eigenvalue weighted by Crippen LogP contribution is -2.28. The molecule has 0 radical (unpaired) electrons. The molecule has 0 saturated heterocycles. The van der Waals surface area contributed by atoms with E-state index in [9.17, 15) is 10.4 Å². The number of nitriles is 1. The lowest BCUT2D eigenvalue weighted by molar-refractivity contribution is 0.475. The number of fused-ring (bicyclic) bond motifs is 1. The summed E-state index contributed by atoms with van der Waals surface area (Å²) in [6.45, 7) is 5.87. The summed E-state index contributed by atoms with van der Waals surface area (Å²) < 4.78 is 15.5. The molecule has 0 aliphatic heterocycles. The summed E-state index contributed by atoms with van der Waals surface area (Å²) in [6, 6.07) is 19.6. The quantitative estimate of drug-likeness (QED) is 0.439. The van der Waals surface area contributed by atoms with E-state index in [0.29, 0.717) is 11.1 Å². The van der Waals surface area contributed by atoms with Crippen LogP contribution >= 0.6 is 0 Å². The number of hydrogen-bond donors (Lipinski definition) is 2. The third kappa shape index (κ3) is 2.87. The van der Waals surface area contributed by atoms with E-state index in [1.54, 1.807) is 18.2 Å². The smallest absolute Gasteiger partial charge is 0.135 e. The van der Waals surface area contributed by atoms with Gasteiger partial charge in [-0.2, -0.15) is 5.26 Å². The summed E-state index contributed by atoms with van der Waals surface area (Å²) in [6.07, 6.45) is 0. The Kier molecular flexibility index (Phi) is 4.39. The van der Waals surface area contributed by atoms with Crippen molar-refractivity contribution in [2.24, 2.45) is 0 Å². The number of aromatic nitrogens is 1. The molecule has 0 saturated carbocycles. The van der Waals surface area contributed by atoms with Gasteiger partial charge in [-0.3, -0.25) is 0 Å². The van der Waals surface area contributed by atoms with Crippen LogP contribution in [0.4, 0.5) is 4.39 Å². The van der Waals surface area contributed by atoms with Gasteiger partial charge in [-0.25, -0.2) is 4.39 Å². The Hall–Kier alpha value is -3.58. The van der Waals surface area contributed by atoms with Crippen molar-refractivity contribution < 1.29 is 9.50 Å². The van der Waals surface area contributed by atoms with Gasteiger partial charge in [0.2, 0.25) is 0 Å². The summed E-state index contributed by atoms with van der Waals surface area (Å²) in [5, 5.41) is 21.0. The number of aromatic hydroxyl groups is 1. The molecule has 1 unspecified atom stereocenters. The minimum absolute atomic E-state index is 0.0936. The lowest BCUT2D eigenvalue weighted by Gasteiger charge is -2.29. The van der Waals surface area contributed by atoms with Crippen LogP contribution in [0.1, 0.15) is 33.5 Å². The fraction of sp³-hybridized carbons (Fsp3) is 0.160. The number of nitrogens with zero attached hydrogens (tertiary/aromatic N) is 1. The highest BCUT2D eigenvalue weighted by molar-refractivity contribution is 5.86. The van der Waals surface area contributed by atoms with Gasteiger partial charge in [0.25, 0.3) is 0 Å². The largest absolute Gasteiger partial charge is 0.508 e. The average molecular weight is 384 g/mol.